The van der Waals surface area contributed by atoms with Gasteiger partial charge in [-0.2, -0.15) is 8.42 Å². The minimum atomic E-state index is -3.54. The quantitative estimate of drug-likeness (QED) is 0.816. The third kappa shape index (κ3) is 4.19. The molecule has 0 saturated heterocycles. The zero-order valence-corrected chi connectivity index (χ0v) is 11.9. The first-order valence-electron chi connectivity index (χ1n) is 5.55. The van der Waals surface area contributed by atoms with Crippen molar-refractivity contribution in [1.82, 2.24) is 0 Å². The molecule has 0 saturated carbocycles. The van der Waals surface area contributed by atoms with Crippen LogP contribution in [0.5, 0.6) is 11.5 Å². The van der Waals surface area contributed by atoms with E-state index in [2.05, 4.69) is 0 Å². The van der Waals surface area contributed by atoms with Crippen LogP contribution in [-0.2, 0) is 16.5 Å². The number of ether oxygens (including phenoxy) is 1. The lowest BCUT2D eigenvalue weighted by Crippen LogP contribution is -2.18. The van der Waals surface area contributed by atoms with E-state index in [1.54, 1.807) is 26.2 Å². The zero-order chi connectivity index (χ0) is 13.9. The number of nitrogens with two attached hydrogens (primary N) is 1. The second-order valence-electron chi connectivity index (χ2n) is 4.40. The van der Waals surface area contributed by atoms with Crippen LogP contribution >= 0.6 is 0 Å². The van der Waals surface area contributed by atoms with Crippen LogP contribution in [0.25, 0.3) is 0 Å². The zero-order valence-electron chi connectivity index (χ0n) is 11.1. The third-order valence-corrected chi connectivity index (χ3v) is 2.84. The van der Waals surface area contributed by atoms with Crippen molar-refractivity contribution in [1.29, 1.82) is 0 Å². The molecule has 1 rings (SSSR count). The molecule has 102 valence electrons. The van der Waals surface area contributed by atoms with E-state index in [0.29, 0.717) is 23.5 Å². The molecule has 1 unspecified atom stereocenters. The van der Waals surface area contributed by atoms with Crippen molar-refractivity contribution in [3.05, 3.63) is 23.3 Å². The summed E-state index contributed by atoms with van der Waals surface area (Å²) in [6.45, 7) is 3.63. The van der Waals surface area contributed by atoms with Crippen molar-refractivity contribution in [3.63, 3.8) is 0 Å². The summed E-state index contributed by atoms with van der Waals surface area (Å²) < 4.78 is 32.5. The molecule has 1 aromatic carbocycles. The van der Waals surface area contributed by atoms with Gasteiger partial charge in [-0.25, -0.2) is 0 Å². The summed E-state index contributed by atoms with van der Waals surface area (Å²) in [7, 11) is -1.97. The summed E-state index contributed by atoms with van der Waals surface area (Å²) in [4.78, 5) is 0. The van der Waals surface area contributed by atoms with Gasteiger partial charge in [0, 0.05) is 6.04 Å². The van der Waals surface area contributed by atoms with Gasteiger partial charge in [-0.1, -0.05) is 0 Å². The largest absolute Gasteiger partial charge is 0.496 e. The van der Waals surface area contributed by atoms with Crippen molar-refractivity contribution in [2.24, 2.45) is 5.73 Å². The second-order valence-corrected chi connectivity index (χ2v) is 5.97. The summed E-state index contributed by atoms with van der Waals surface area (Å²) in [6.07, 6.45) is 1.60. The highest BCUT2D eigenvalue weighted by atomic mass is 32.2. The van der Waals surface area contributed by atoms with E-state index in [-0.39, 0.29) is 6.04 Å². The molecule has 0 heterocycles. The van der Waals surface area contributed by atoms with Crippen molar-refractivity contribution >= 4 is 10.1 Å². The van der Waals surface area contributed by atoms with Gasteiger partial charge in [0.1, 0.15) is 11.5 Å². The number of methoxy groups -OCH3 is 1. The molecule has 0 aromatic heterocycles. The Hall–Kier alpha value is -1.27. The van der Waals surface area contributed by atoms with E-state index in [1.807, 2.05) is 6.92 Å². The van der Waals surface area contributed by atoms with E-state index >= 15 is 0 Å². The molecule has 0 radical (unpaired) electrons. The fourth-order valence-electron chi connectivity index (χ4n) is 1.65. The van der Waals surface area contributed by atoms with Gasteiger partial charge in [0.15, 0.2) is 0 Å². The molecule has 0 aliphatic heterocycles. The van der Waals surface area contributed by atoms with Crippen LogP contribution in [0.15, 0.2) is 12.1 Å². The van der Waals surface area contributed by atoms with Gasteiger partial charge in [0.2, 0.25) is 0 Å². The normalized spacial score (nSPS) is 13.2. The van der Waals surface area contributed by atoms with Crippen LogP contribution in [-0.4, -0.2) is 27.8 Å². The Balaban J connectivity index is 3.20. The van der Waals surface area contributed by atoms with Crippen molar-refractivity contribution in [2.45, 2.75) is 26.3 Å². The lowest BCUT2D eigenvalue weighted by Gasteiger charge is -2.14. The fourth-order valence-corrected chi connectivity index (χ4v) is 2.16. The van der Waals surface area contributed by atoms with E-state index in [1.165, 1.54) is 0 Å². The average molecular weight is 273 g/mol. The Morgan fingerprint density at radius 2 is 1.94 bits per heavy atom. The number of hydrogen-bond donors (Lipinski definition) is 1. The SMILES string of the molecule is COc1cc(C)c(OS(C)(=O)=O)cc1CC(C)N. The highest BCUT2D eigenvalue weighted by Crippen LogP contribution is 2.29. The van der Waals surface area contributed by atoms with Crippen LogP contribution in [0.3, 0.4) is 0 Å². The van der Waals surface area contributed by atoms with Crippen LogP contribution in [0.2, 0.25) is 0 Å². The Kier molecular flexibility index (Phi) is 4.59. The molecule has 6 heteroatoms. The minimum absolute atomic E-state index is 0.0484. The molecule has 0 fully saturated rings. The van der Waals surface area contributed by atoms with Gasteiger partial charge < -0.3 is 14.7 Å². The maximum atomic E-state index is 11.2. The molecule has 0 spiro atoms. The molecule has 1 aromatic rings. The number of hydrogen-bond acceptors (Lipinski definition) is 5. The Labute approximate surface area is 108 Å². The van der Waals surface area contributed by atoms with Crippen molar-refractivity contribution in [3.8, 4) is 11.5 Å². The van der Waals surface area contributed by atoms with E-state index in [0.717, 1.165) is 11.8 Å². The van der Waals surface area contributed by atoms with Gasteiger partial charge in [-0.15, -0.1) is 0 Å². The lowest BCUT2D eigenvalue weighted by molar-refractivity contribution is 0.406. The molecule has 2 N–H and O–H groups in total. The van der Waals surface area contributed by atoms with Crippen molar-refractivity contribution < 1.29 is 17.3 Å². The molecule has 0 amide bonds. The van der Waals surface area contributed by atoms with Crippen LogP contribution in [0.4, 0.5) is 0 Å². The first kappa shape index (κ1) is 14.8. The van der Waals surface area contributed by atoms with E-state index in [4.69, 9.17) is 14.7 Å². The summed E-state index contributed by atoms with van der Waals surface area (Å²) in [5.74, 6) is 1.000. The summed E-state index contributed by atoms with van der Waals surface area (Å²) in [5.41, 5.74) is 7.28. The smallest absolute Gasteiger partial charge is 0.306 e. The fraction of sp³-hybridized carbons (Fsp3) is 0.500. The molecule has 1 atom stereocenters. The first-order valence-corrected chi connectivity index (χ1v) is 7.37. The predicted octanol–water partition coefficient (Wildman–Crippen LogP) is 1.23. The number of benzene rings is 1. The van der Waals surface area contributed by atoms with Gasteiger partial charge >= 0.3 is 10.1 Å². The van der Waals surface area contributed by atoms with E-state index < -0.39 is 10.1 Å². The third-order valence-electron chi connectivity index (χ3n) is 2.36. The van der Waals surface area contributed by atoms with Gasteiger partial charge in [-0.05, 0) is 43.5 Å². The highest BCUT2D eigenvalue weighted by molar-refractivity contribution is 7.86. The van der Waals surface area contributed by atoms with Gasteiger partial charge in [-0.3, -0.25) is 0 Å². The molecular formula is C12H19NO4S. The highest BCUT2D eigenvalue weighted by Gasteiger charge is 2.13. The maximum Gasteiger partial charge on any atom is 0.306 e. The molecule has 0 aliphatic carbocycles. The topological polar surface area (TPSA) is 78.6 Å². The van der Waals surface area contributed by atoms with E-state index in [9.17, 15) is 8.42 Å². The Morgan fingerprint density at radius 3 is 2.39 bits per heavy atom. The lowest BCUT2D eigenvalue weighted by atomic mass is 10.0. The molecule has 0 bridgehead atoms. The minimum Gasteiger partial charge on any atom is -0.496 e. The van der Waals surface area contributed by atoms with Gasteiger partial charge in [0.05, 0.1) is 13.4 Å². The summed E-state index contributed by atoms with van der Waals surface area (Å²) >= 11 is 0. The standard InChI is InChI=1S/C12H19NO4S/c1-8-5-12(16-3)10(6-9(2)13)7-11(8)17-18(4,14)15/h5,7,9H,6,13H2,1-4H3. The number of rotatable bonds is 5. The molecule has 18 heavy (non-hydrogen) atoms. The Bertz CT molecular complexity index is 523. The van der Waals surface area contributed by atoms with Crippen LogP contribution in [0, 0.1) is 6.92 Å². The van der Waals surface area contributed by atoms with Crippen molar-refractivity contribution in [2.75, 3.05) is 13.4 Å². The van der Waals surface area contributed by atoms with Crippen LogP contribution < -0.4 is 14.7 Å². The molecular weight excluding hydrogens is 254 g/mol. The summed E-state index contributed by atoms with van der Waals surface area (Å²) in [5, 5.41) is 0. The predicted molar refractivity (Wildman–Crippen MR) is 70.6 cm³/mol. The Morgan fingerprint density at radius 1 is 1.33 bits per heavy atom. The van der Waals surface area contributed by atoms with Crippen LogP contribution in [0.1, 0.15) is 18.1 Å². The summed E-state index contributed by atoms with van der Waals surface area (Å²) in [6, 6.07) is 3.37. The molecule has 0 aliphatic rings. The maximum absolute atomic E-state index is 11.2. The second kappa shape index (κ2) is 5.58. The monoisotopic (exact) mass is 273 g/mol. The first-order chi connectivity index (χ1) is 8.23. The van der Waals surface area contributed by atoms with Gasteiger partial charge in [0.25, 0.3) is 0 Å². The molecule has 5 nitrogen and oxygen atoms in total. The average Bonchev–Trinajstić information content (AvgIpc) is 2.19. The number of aryl methyl sites for hydroxylation is 1.